The second-order valence-corrected chi connectivity index (χ2v) is 7.35. The van der Waals surface area contributed by atoms with Crippen LogP contribution in [0.5, 0.6) is 0 Å². The van der Waals surface area contributed by atoms with Crippen LogP contribution in [-0.2, 0) is 0 Å². The first-order valence-electron chi connectivity index (χ1n) is 8.17. The van der Waals surface area contributed by atoms with E-state index in [0.29, 0.717) is 22.8 Å². The largest absolute Gasteiger partial charge is 0.441 e. The molecule has 1 aliphatic heterocycles. The van der Waals surface area contributed by atoms with Crippen molar-refractivity contribution < 1.29 is 4.42 Å². The fourth-order valence-electron chi connectivity index (χ4n) is 3.16. The van der Waals surface area contributed by atoms with Gasteiger partial charge in [0.2, 0.25) is 0 Å². The standard InChI is InChI=1S/C17H19ClN4OS/c1-22(11-4-2-3-8-19-10-11)16-12-7-9-24-17(12)21-15(20-16)13-5-6-14(18)23-13/h5-7,9,11,19H,2-4,8,10H2,1H3. The van der Waals surface area contributed by atoms with E-state index in [0.717, 1.165) is 29.1 Å². The van der Waals surface area contributed by atoms with Crippen molar-refractivity contribution >= 4 is 39.0 Å². The molecule has 1 unspecified atom stereocenters. The first-order valence-corrected chi connectivity index (χ1v) is 9.42. The fraction of sp³-hybridized carbons (Fsp3) is 0.412. The number of furan rings is 1. The van der Waals surface area contributed by atoms with Gasteiger partial charge in [-0.1, -0.05) is 6.42 Å². The third kappa shape index (κ3) is 3.01. The van der Waals surface area contributed by atoms with Crippen molar-refractivity contribution in [1.29, 1.82) is 0 Å². The predicted octanol–water partition coefficient (Wildman–Crippen LogP) is 4.18. The van der Waals surface area contributed by atoms with Crippen LogP contribution in [-0.4, -0.2) is 36.1 Å². The van der Waals surface area contributed by atoms with Gasteiger partial charge >= 0.3 is 0 Å². The first-order chi connectivity index (χ1) is 11.7. The van der Waals surface area contributed by atoms with Gasteiger partial charge in [0, 0.05) is 19.6 Å². The van der Waals surface area contributed by atoms with E-state index in [1.807, 2.05) is 6.07 Å². The Labute approximate surface area is 149 Å². The van der Waals surface area contributed by atoms with Gasteiger partial charge < -0.3 is 14.6 Å². The Morgan fingerprint density at radius 2 is 2.21 bits per heavy atom. The van der Waals surface area contributed by atoms with E-state index in [9.17, 15) is 0 Å². The second kappa shape index (κ2) is 6.70. The summed E-state index contributed by atoms with van der Waals surface area (Å²) in [4.78, 5) is 12.7. The lowest BCUT2D eigenvalue weighted by Crippen LogP contribution is -2.39. The first kappa shape index (κ1) is 15.9. The van der Waals surface area contributed by atoms with E-state index in [4.69, 9.17) is 21.0 Å². The molecule has 0 radical (unpaired) electrons. The smallest absolute Gasteiger partial charge is 0.199 e. The average molecular weight is 363 g/mol. The summed E-state index contributed by atoms with van der Waals surface area (Å²) in [5.41, 5.74) is 0. The minimum atomic E-state index is 0.350. The summed E-state index contributed by atoms with van der Waals surface area (Å²) in [5, 5.41) is 7.02. The van der Waals surface area contributed by atoms with Crippen molar-refractivity contribution in [3.8, 4) is 11.6 Å². The van der Waals surface area contributed by atoms with Crippen molar-refractivity contribution in [3.05, 3.63) is 28.8 Å². The molecule has 3 aromatic rings. The van der Waals surface area contributed by atoms with Crippen LogP contribution in [0, 0.1) is 0 Å². The summed E-state index contributed by atoms with van der Waals surface area (Å²) in [5.74, 6) is 2.14. The number of nitrogens with one attached hydrogen (secondary N) is 1. The summed E-state index contributed by atoms with van der Waals surface area (Å²) in [6, 6.07) is 6.05. The van der Waals surface area contributed by atoms with E-state index < -0.39 is 0 Å². The zero-order valence-electron chi connectivity index (χ0n) is 13.5. The van der Waals surface area contributed by atoms with Crippen LogP contribution in [0.15, 0.2) is 28.0 Å². The Hall–Kier alpha value is -1.63. The zero-order valence-corrected chi connectivity index (χ0v) is 15.0. The molecule has 0 spiro atoms. The van der Waals surface area contributed by atoms with Crippen LogP contribution in [0.1, 0.15) is 19.3 Å². The van der Waals surface area contributed by atoms with Gasteiger partial charge in [-0.3, -0.25) is 0 Å². The van der Waals surface area contributed by atoms with Crippen molar-refractivity contribution in [3.63, 3.8) is 0 Å². The number of rotatable bonds is 3. The number of fused-ring (bicyclic) bond motifs is 1. The van der Waals surface area contributed by atoms with Gasteiger partial charge in [0.05, 0.1) is 5.39 Å². The van der Waals surface area contributed by atoms with Crippen molar-refractivity contribution in [2.45, 2.75) is 25.3 Å². The molecule has 0 aromatic carbocycles. The molecule has 0 amide bonds. The molecular weight excluding hydrogens is 344 g/mol. The minimum Gasteiger partial charge on any atom is -0.441 e. The highest BCUT2D eigenvalue weighted by molar-refractivity contribution is 7.16. The molecule has 0 aliphatic carbocycles. The molecule has 1 aliphatic rings. The van der Waals surface area contributed by atoms with Crippen molar-refractivity contribution in [1.82, 2.24) is 15.3 Å². The molecule has 4 heterocycles. The van der Waals surface area contributed by atoms with Gasteiger partial charge in [-0.15, -0.1) is 11.3 Å². The maximum absolute atomic E-state index is 5.91. The van der Waals surface area contributed by atoms with E-state index >= 15 is 0 Å². The number of hydrogen-bond donors (Lipinski definition) is 1. The molecule has 1 N–H and O–H groups in total. The molecule has 24 heavy (non-hydrogen) atoms. The van der Waals surface area contributed by atoms with Gasteiger partial charge in [0.1, 0.15) is 10.6 Å². The molecular formula is C17H19ClN4OS. The summed E-state index contributed by atoms with van der Waals surface area (Å²) < 4.78 is 5.51. The predicted molar refractivity (Wildman–Crippen MR) is 99.0 cm³/mol. The molecule has 0 bridgehead atoms. The van der Waals surface area contributed by atoms with Crippen molar-refractivity contribution in [2.75, 3.05) is 25.0 Å². The molecule has 0 saturated carbocycles. The highest BCUT2D eigenvalue weighted by Gasteiger charge is 2.22. The Kier molecular flexibility index (Phi) is 4.43. The number of hydrogen-bond acceptors (Lipinski definition) is 6. The maximum Gasteiger partial charge on any atom is 0.199 e. The molecule has 7 heteroatoms. The highest BCUT2D eigenvalue weighted by Crippen LogP contribution is 2.32. The van der Waals surface area contributed by atoms with Gasteiger partial charge in [0.15, 0.2) is 16.8 Å². The lowest BCUT2D eigenvalue weighted by Gasteiger charge is -2.28. The van der Waals surface area contributed by atoms with Crippen LogP contribution < -0.4 is 10.2 Å². The van der Waals surface area contributed by atoms with Gasteiger partial charge in [-0.2, -0.15) is 0 Å². The second-order valence-electron chi connectivity index (χ2n) is 6.08. The van der Waals surface area contributed by atoms with Crippen molar-refractivity contribution in [2.24, 2.45) is 0 Å². The topological polar surface area (TPSA) is 54.2 Å². The number of likely N-dealkylation sites (N-methyl/N-ethyl adjacent to an activating group) is 1. The third-order valence-electron chi connectivity index (χ3n) is 4.50. The summed E-state index contributed by atoms with van der Waals surface area (Å²) in [7, 11) is 2.12. The lowest BCUT2D eigenvalue weighted by molar-refractivity contribution is 0.564. The Balaban J connectivity index is 1.76. The number of aromatic nitrogens is 2. The fourth-order valence-corrected chi connectivity index (χ4v) is 4.06. The highest BCUT2D eigenvalue weighted by atomic mass is 35.5. The van der Waals surface area contributed by atoms with Crippen LogP contribution in [0.4, 0.5) is 5.82 Å². The summed E-state index contributed by atoms with van der Waals surface area (Å²) in [6.07, 6.45) is 3.64. The van der Waals surface area contributed by atoms with Crippen LogP contribution in [0.25, 0.3) is 21.8 Å². The minimum absolute atomic E-state index is 0.350. The van der Waals surface area contributed by atoms with Gasteiger partial charge in [-0.05, 0) is 54.6 Å². The Bertz CT molecular complexity index is 838. The molecule has 1 saturated heterocycles. The molecule has 4 rings (SSSR count). The third-order valence-corrected chi connectivity index (χ3v) is 5.51. The van der Waals surface area contributed by atoms with Gasteiger partial charge in [-0.25, -0.2) is 9.97 Å². The van der Waals surface area contributed by atoms with E-state index in [-0.39, 0.29) is 0 Å². The molecule has 3 aromatic heterocycles. The van der Waals surface area contributed by atoms with E-state index in [1.165, 1.54) is 19.3 Å². The molecule has 126 valence electrons. The maximum atomic E-state index is 5.91. The molecule has 5 nitrogen and oxygen atoms in total. The lowest BCUT2D eigenvalue weighted by atomic mass is 10.1. The number of anilines is 1. The summed E-state index contributed by atoms with van der Waals surface area (Å²) in [6.45, 7) is 2.08. The number of thiophene rings is 1. The van der Waals surface area contributed by atoms with Crippen LogP contribution >= 0.6 is 22.9 Å². The van der Waals surface area contributed by atoms with Crippen LogP contribution in [0.3, 0.4) is 0 Å². The normalized spacial score (nSPS) is 18.7. The SMILES string of the molecule is CN(c1nc(-c2ccc(Cl)o2)nc2sccc12)C1CCCCNC1. The number of halogens is 1. The van der Waals surface area contributed by atoms with E-state index in [2.05, 4.69) is 33.7 Å². The van der Waals surface area contributed by atoms with Gasteiger partial charge in [0.25, 0.3) is 0 Å². The quantitative estimate of drug-likeness (QED) is 0.757. The zero-order chi connectivity index (χ0) is 16.5. The van der Waals surface area contributed by atoms with Crippen LogP contribution in [0.2, 0.25) is 5.22 Å². The Morgan fingerprint density at radius 3 is 3.04 bits per heavy atom. The average Bonchev–Trinajstić information content (AvgIpc) is 3.14. The molecule has 1 atom stereocenters. The number of nitrogens with zero attached hydrogens (tertiary/aromatic N) is 3. The monoisotopic (exact) mass is 362 g/mol. The molecule has 1 fully saturated rings. The summed E-state index contributed by atoms with van der Waals surface area (Å²) >= 11 is 7.53. The Morgan fingerprint density at radius 1 is 1.29 bits per heavy atom. The van der Waals surface area contributed by atoms with E-state index in [1.54, 1.807) is 17.4 Å².